The van der Waals surface area contributed by atoms with E-state index >= 15 is 0 Å². The molecule has 19 heavy (non-hydrogen) atoms. The standard InChI is InChI=1S/C17H28N2/c1-14-9-10-19(12-15-7-5-4-6-8-15)13-16(11-14)17(2,3)18/h4-8,14,16H,9-13,18H2,1-3H3. The maximum absolute atomic E-state index is 6.37. The lowest BCUT2D eigenvalue weighted by Gasteiger charge is -2.33. The Balaban J connectivity index is 2.04. The van der Waals surface area contributed by atoms with E-state index in [0.29, 0.717) is 5.92 Å². The second-order valence-corrected chi connectivity index (χ2v) is 6.87. The Bertz CT molecular complexity index is 380. The van der Waals surface area contributed by atoms with Gasteiger partial charge in [-0.25, -0.2) is 0 Å². The summed E-state index contributed by atoms with van der Waals surface area (Å²) in [5.74, 6) is 1.38. The van der Waals surface area contributed by atoms with Gasteiger partial charge in [-0.2, -0.15) is 0 Å². The fourth-order valence-corrected chi connectivity index (χ4v) is 3.01. The molecule has 1 aliphatic rings. The maximum Gasteiger partial charge on any atom is 0.0233 e. The predicted octanol–water partition coefficient (Wildman–Crippen LogP) is 3.27. The Hall–Kier alpha value is -0.860. The summed E-state index contributed by atoms with van der Waals surface area (Å²) in [6, 6.07) is 10.8. The van der Waals surface area contributed by atoms with Gasteiger partial charge in [-0.05, 0) is 50.6 Å². The van der Waals surface area contributed by atoms with Gasteiger partial charge in [0.05, 0.1) is 0 Å². The molecule has 0 radical (unpaired) electrons. The van der Waals surface area contributed by atoms with E-state index in [1.165, 1.54) is 24.9 Å². The number of hydrogen-bond donors (Lipinski definition) is 1. The molecular weight excluding hydrogens is 232 g/mol. The van der Waals surface area contributed by atoms with Gasteiger partial charge in [-0.3, -0.25) is 4.90 Å². The molecule has 2 heteroatoms. The van der Waals surface area contributed by atoms with Gasteiger partial charge in [0, 0.05) is 18.6 Å². The van der Waals surface area contributed by atoms with Gasteiger partial charge >= 0.3 is 0 Å². The topological polar surface area (TPSA) is 29.3 Å². The average Bonchev–Trinajstić information content (AvgIpc) is 2.53. The monoisotopic (exact) mass is 260 g/mol. The van der Waals surface area contributed by atoms with Crippen LogP contribution in [0.2, 0.25) is 0 Å². The summed E-state index contributed by atoms with van der Waals surface area (Å²) in [6.45, 7) is 10.1. The third-order valence-corrected chi connectivity index (χ3v) is 4.40. The summed E-state index contributed by atoms with van der Waals surface area (Å²) < 4.78 is 0. The van der Waals surface area contributed by atoms with Crippen LogP contribution in [-0.2, 0) is 6.54 Å². The number of nitrogens with zero attached hydrogens (tertiary/aromatic N) is 1. The first-order chi connectivity index (χ1) is 8.95. The minimum absolute atomic E-state index is 0.0759. The van der Waals surface area contributed by atoms with Gasteiger partial charge in [0.1, 0.15) is 0 Å². The Kier molecular flexibility index (Phi) is 4.64. The highest BCUT2D eigenvalue weighted by molar-refractivity contribution is 5.14. The van der Waals surface area contributed by atoms with Gasteiger partial charge in [0.15, 0.2) is 0 Å². The molecule has 2 nitrogen and oxygen atoms in total. The van der Waals surface area contributed by atoms with Crippen LogP contribution >= 0.6 is 0 Å². The molecule has 1 saturated heterocycles. The first-order valence-electron chi connectivity index (χ1n) is 7.50. The number of hydrogen-bond acceptors (Lipinski definition) is 2. The lowest BCUT2D eigenvalue weighted by Crippen LogP contribution is -2.46. The van der Waals surface area contributed by atoms with Crippen LogP contribution in [0.3, 0.4) is 0 Å². The molecule has 2 unspecified atom stereocenters. The highest BCUT2D eigenvalue weighted by atomic mass is 15.1. The van der Waals surface area contributed by atoms with Crippen molar-refractivity contribution in [1.82, 2.24) is 4.90 Å². The molecular formula is C17H28N2. The molecule has 1 aromatic carbocycles. The van der Waals surface area contributed by atoms with Crippen molar-refractivity contribution in [3.63, 3.8) is 0 Å². The molecule has 1 aliphatic heterocycles. The minimum Gasteiger partial charge on any atom is -0.325 e. The van der Waals surface area contributed by atoms with Crippen LogP contribution in [0.4, 0.5) is 0 Å². The lowest BCUT2D eigenvalue weighted by atomic mass is 9.82. The molecule has 2 N–H and O–H groups in total. The smallest absolute Gasteiger partial charge is 0.0233 e. The highest BCUT2D eigenvalue weighted by Crippen LogP contribution is 2.29. The van der Waals surface area contributed by atoms with Crippen molar-refractivity contribution in [2.45, 2.75) is 45.7 Å². The molecule has 1 fully saturated rings. The van der Waals surface area contributed by atoms with Crippen LogP contribution in [-0.4, -0.2) is 23.5 Å². The Morgan fingerprint density at radius 1 is 1.26 bits per heavy atom. The summed E-state index contributed by atoms with van der Waals surface area (Å²) in [4.78, 5) is 2.58. The quantitative estimate of drug-likeness (QED) is 0.903. The largest absolute Gasteiger partial charge is 0.325 e. The normalized spacial score (nSPS) is 26.1. The first-order valence-corrected chi connectivity index (χ1v) is 7.50. The van der Waals surface area contributed by atoms with Crippen molar-refractivity contribution in [1.29, 1.82) is 0 Å². The second kappa shape index (κ2) is 6.06. The van der Waals surface area contributed by atoms with E-state index in [1.807, 2.05) is 0 Å². The van der Waals surface area contributed by atoms with Gasteiger partial charge in [0.2, 0.25) is 0 Å². The predicted molar refractivity (Wildman–Crippen MR) is 81.9 cm³/mol. The minimum atomic E-state index is -0.0759. The SMILES string of the molecule is CC1CCN(Cc2ccccc2)CC(C(C)(C)N)C1. The summed E-state index contributed by atoms with van der Waals surface area (Å²) in [5, 5.41) is 0. The van der Waals surface area contributed by atoms with Crippen molar-refractivity contribution in [3.8, 4) is 0 Å². The molecule has 0 spiro atoms. The molecule has 0 aliphatic carbocycles. The van der Waals surface area contributed by atoms with Crippen LogP contribution in [0.25, 0.3) is 0 Å². The van der Waals surface area contributed by atoms with Crippen molar-refractivity contribution < 1.29 is 0 Å². The van der Waals surface area contributed by atoms with E-state index in [-0.39, 0.29) is 5.54 Å². The van der Waals surface area contributed by atoms with Gasteiger partial charge < -0.3 is 5.73 Å². The van der Waals surface area contributed by atoms with E-state index in [4.69, 9.17) is 5.73 Å². The van der Waals surface area contributed by atoms with E-state index in [9.17, 15) is 0 Å². The molecule has 106 valence electrons. The summed E-state index contributed by atoms with van der Waals surface area (Å²) >= 11 is 0. The number of likely N-dealkylation sites (tertiary alicyclic amines) is 1. The van der Waals surface area contributed by atoms with Crippen molar-refractivity contribution in [2.24, 2.45) is 17.6 Å². The second-order valence-electron chi connectivity index (χ2n) is 6.87. The average molecular weight is 260 g/mol. The molecule has 1 aromatic rings. The van der Waals surface area contributed by atoms with E-state index in [1.54, 1.807) is 0 Å². The fraction of sp³-hybridized carbons (Fsp3) is 0.647. The van der Waals surface area contributed by atoms with Crippen LogP contribution in [0.15, 0.2) is 30.3 Å². The molecule has 0 saturated carbocycles. The summed E-state index contributed by atoms with van der Waals surface area (Å²) in [7, 11) is 0. The molecule has 2 rings (SSSR count). The number of benzene rings is 1. The van der Waals surface area contributed by atoms with Crippen LogP contribution < -0.4 is 5.73 Å². The first kappa shape index (κ1) is 14.5. The molecule has 0 amide bonds. The van der Waals surface area contributed by atoms with Gasteiger partial charge in [-0.1, -0.05) is 37.3 Å². The van der Waals surface area contributed by atoms with Gasteiger partial charge in [0.25, 0.3) is 0 Å². The molecule has 2 atom stereocenters. The fourth-order valence-electron chi connectivity index (χ4n) is 3.01. The van der Waals surface area contributed by atoms with Crippen molar-refractivity contribution >= 4 is 0 Å². The number of rotatable bonds is 3. The molecule has 1 heterocycles. The Labute approximate surface area is 118 Å². The third-order valence-electron chi connectivity index (χ3n) is 4.40. The van der Waals surface area contributed by atoms with E-state index in [0.717, 1.165) is 19.0 Å². The van der Waals surface area contributed by atoms with Gasteiger partial charge in [-0.15, -0.1) is 0 Å². The zero-order valence-electron chi connectivity index (χ0n) is 12.6. The Morgan fingerprint density at radius 2 is 1.95 bits per heavy atom. The Morgan fingerprint density at radius 3 is 2.58 bits per heavy atom. The highest BCUT2D eigenvalue weighted by Gasteiger charge is 2.31. The summed E-state index contributed by atoms with van der Waals surface area (Å²) in [5.41, 5.74) is 7.70. The van der Waals surface area contributed by atoms with Crippen LogP contribution in [0.1, 0.15) is 39.2 Å². The molecule has 0 aromatic heterocycles. The van der Waals surface area contributed by atoms with Crippen LogP contribution in [0.5, 0.6) is 0 Å². The molecule has 0 bridgehead atoms. The van der Waals surface area contributed by atoms with Crippen molar-refractivity contribution in [2.75, 3.05) is 13.1 Å². The third kappa shape index (κ3) is 4.32. The van der Waals surface area contributed by atoms with E-state index in [2.05, 4.69) is 56.0 Å². The van der Waals surface area contributed by atoms with Crippen molar-refractivity contribution in [3.05, 3.63) is 35.9 Å². The zero-order valence-corrected chi connectivity index (χ0v) is 12.6. The zero-order chi connectivity index (χ0) is 13.9. The van der Waals surface area contributed by atoms with Crippen LogP contribution in [0, 0.1) is 11.8 Å². The summed E-state index contributed by atoms with van der Waals surface area (Å²) in [6.07, 6.45) is 2.55. The van der Waals surface area contributed by atoms with E-state index < -0.39 is 0 Å². The maximum atomic E-state index is 6.37. The number of nitrogens with two attached hydrogens (primary N) is 1. The lowest BCUT2D eigenvalue weighted by molar-refractivity contribution is 0.192.